The van der Waals surface area contributed by atoms with E-state index in [0.717, 1.165) is 25.2 Å². The predicted octanol–water partition coefficient (Wildman–Crippen LogP) is 2.72. The fraction of sp³-hybridized carbons (Fsp3) is 0.800. The SMILES string of the molecule is C=CCCC(N)CC(C)CC. The Balaban J connectivity index is 3.34. The Morgan fingerprint density at radius 3 is 2.64 bits per heavy atom. The summed E-state index contributed by atoms with van der Waals surface area (Å²) in [7, 11) is 0. The lowest BCUT2D eigenvalue weighted by Gasteiger charge is -2.14. The van der Waals surface area contributed by atoms with E-state index in [0.29, 0.717) is 6.04 Å². The first-order chi connectivity index (χ1) is 5.20. The smallest absolute Gasteiger partial charge is 0.00443 e. The van der Waals surface area contributed by atoms with Crippen molar-refractivity contribution < 1.29 is 0 Å². The Kier molecular flexibility index (Phi) is 6.24. The lowest BCUT2D eigenvalue weighted by molar-refractivity contribution is 0.438. The van der Waals surface area contributed by atoms with E-state index in [1.165, 1.54) is 6.42 Å². The largest absolute Gasteiger partial charge is 0.328 e. The van der Waals surface area contributed by atoms with Crippen molar-refractivity contribution in [2.24, 2.45) is 11.7 Å². The zero-order valence-electron chi connectivity index (χ0n) is 7.84. The predicted molar refractivity (Wildman–Crippen MR) is 51.5 cm³/mol. The maximum absolute atomic E-state index is 5.89. The van der Waals surface area contributed by atoms with Gasteiger partial charge in [-0.05, 0) is 25.2 Å². The lowest BCUT2D eigenvalue weighted by atomic mass is 9.97. The third kappa shape index (κ3) is 6.11. The molecule has 0 aliphatic rings. The van der Waals surface area contributed by atoms with Gasteiger partial charge in [0.2, 0.25) is 0 Å². The van der Waals surface area contributed by atoms with Crippen LogP contribution in [0.2, 0.25) is 0 Å². The van der Waals surface area contributed by atoms with E-state index in [1.54, 1.807) is 0 Å². The second-order valence-electron chi connectivity index (χ2n) is 3.38. The Morgan fingerprint density at radius 1 is 1.55 bits per heavy atom. The molecule has 0 bridgehead atoms. The summed E-state index contributed by atoms with van der Waals surface area (Å²) < 4.78 is 0. The van der Waals surface area contributed by atoms with E-state index >= 15 is 0 Å². The fourth-order valence-corrected chi connectivity index (χ4v) is 1.13. The molecule has 0 saturated heterocycles. The Bertz CT molecular complexity index is 99.0. The molecule has 0 aromatic carbocycles. The zero-order valence-corrected chi connectivity index (χ0v) is 7.84. The molecule has 0 aliphatic carbocycles. The molecule has 0 heterocycles. The van der Waals surface area contributed by atoms with Crippen LogP contribution in [0.3, 0.4) is 0 Å². The van der Waals surface area contributed by atoms with Crippen molar-refractivity contribution in [3.8, 4) is 0 Å². The van der Waals surface area contributed by atoms with Gasteiger partial charge in [-0.25, -0.2) is 0 Å². The van der Waals surface area contributed by atoms with Gasteiger partial charge in [-0.2, -0.15) is 0 Å². The molecule has 0 aromatic heterocycles. The molecule has 2 atom stereocenters. The Morgan fingerprint density at radius 2 is 2.18 bits per heavy atom. The Labute approximate surface area is 70.7 Å². The van der Waals surface area contributed by atoms with Crippen LogP contribution < -0.4 is 5.73 Å². The van der Waals surface area contributed by atoms with Crippen molar-refractivity contribution in [3.05, 3.63) is 12.7 Å². The summed E-state index contributed by atoms with van der Waals surface area (Å²) in [5.41, 5.74) is 5.89. The molecule has 0 rings (SSSR count). The van der Waals surface area contributed by atoms with E-state index in [2.05, 4.69) is 20.4 Å². The highest BCUT2D eigenvalue weighted by atomic mass is 14.6. The summed E-state index contributed by atoms with van der Waals surface area (Å²) in [6.07, 6.45) is 6.48. The molecule has 0 amide bonds. The van der Waals surface area contributed by atoms with Gasteiger partial charge < -0.3 is 5.73 Å². The van der Waals surface area contributed by atoms with E-state index < -0.39 is 0 Å². The third-order valence-corrected chi connectivity index (χ3v) is 2.14. The van der Waals surface area contributed by atoms with Gasteiger partial charge in [0.05, 0.1) is 0 Å². The molecule has 0 spiro atoms. The molecular formula is C10H21N. The monoisotopic (exact) mass is 155 g/mol. The molecule has 1 nitrogen and oxygen atoms in total. The van der Waals surface area contributed by atoms with Crippen LogP contribution in [0, 0.1) is 5.92 Å². The van der Waals surface area contributed by atoms with Crippen LogP contribution in [0.15, 0.2) is 12.7 Å². The summed E-state index contributed by atoms with van der Waals surface area (Å²) in [6, 6.07) is 0.378. The molecule has 2 N–H and O–H groups in total. The first-order valence-corrected chi connectivity index (χ1v) is 4.57. The van der Waals surface area contributed by atoms with Crippen LogP contribution in [0.1, 0.15) is 39.5 Å². The second-order valence-corrected chi connectivity index (χ2v) is 3.38. The van der Waals surface area contributed by atoms with Crippen molar-refractivity contribution in [2.45, 2.75) is 45.6 Å². The minimum Gasteiger partial charge on any atom is -0.328 e. The molecule has 0 fully saturated rings. The van der Waals surface area contributed by atoms with E-state index in [1.807, 2.05) is 6.08 Å². The average molecular weight is 155 g/mol. The van der Waals surface area contributed by atoms with Gasteiger partial charge in [0.15, 0.2) is 0 Å². The molecule has 2 unspecified atom stereocenters. The van der Waals surface area contributed by atoms with E-state index in [4.69, 9.17) is 5.73 Å². The molecule has 0 aromatic rings. The highest BCUT2D eigenvalue weighted by Crippen LogP contribution is 2.11. The number of rotatable bonds is 6. The lowest BCUT2D eigenvalue weighted by Crippen LogP contribution is -2.22. The van der Waals surface area contributed by atoms with Gasteiger partial charge in [-0.15, -0.1) is 6.58 Å². The minimum absolute atomic E-state index is 0.378. The van der Waals surface area contributed by atoms with E-state index in [9.17, 15) is 0 Å². The topological polar surface area (TPSA) is 26.0 Å². The maximum Gasteiger partial charge on any atom is 0.00443 e. The molecule has 0 saturated carbocycles. The minimum atomic E-state index is 0.378. The number of hydrogen-bond donors (Lipinski definition) is 1. The molecule has 1 heteroatoms. The van der Waals surface area contributed by atoms with Crippen molar-refractivity contribution in [1.82, 2.24) is 0 Å². The van der Waals surface area contributed by atoms with Gasteiger partial charge >= 0.3 is 0 Å². The first-order valence-electron chi connectivity index (χ1n) is 4.57. The standard InChI is InChI=1S/C10H21N/c1-4-6-7-10(11)8-9(3)5-2/h4,9-10H,1,5-8,11H2,2-3H3. The normalized spacial score (nSPS) is 15.9. The van der Waals surface area contributed by atoms with Crippen molar-refractivity contribution in [1.29, 1.82) is 0 Å². The summed E-state index contributed by atoms with van der Waals surface area (Å²) >= 11 is 0. The van der Waals surface area contributed by atoms with Crippen LogP contribution >= 0.6 is 0 Å². The maximum atomic E-state index is 5.89. The van der Waals surface area contributed by atoms with Crippen LogP contribution in [-0.4, -0.2) is 6.04 Å². The van der Waals surface area contributed by atoms with Crippen LogP contribution in [0.25, 0.3) is 0 Å². The van der Waals surface area contributed by atoms with Crippen LogP contribution in [0.4, 0.5) is 0 Å². The highest BCUT2D eigenvalue weighted by Gasteiger charge is 2.05. The third-order valence-electron chi connectivity index (χ3n) is 2.14. The van der Waals surface area contributed by atoms with Gasteiger partial charge in [0.1, 0.15) is 0 Å². The molecule has 11 heavy (non-hydrogen) atoms. The summed E-state index contributed by atoms with van der Waals surface area (Å²) in [5, 5.41) is 0. The quantitative estimate of drug-likeness (QED) is 0.586. The molecule has 0 radical (unpaired) electrons. The van der Waals surface area contributed by atoms with Gasteiger partial charge in [0.25, 0.3) is 0 Å². The zero-order chi connectivity index (χ0) is 8.69. The Hall–Kier alpha value is -0.300. The second kappa shape index (κ2) is 6.41. The van der Waals surface area contributed by atoms with Gasteiger partial charge in [-0.1, -0.05) is 26.3 Å². The number of allylic oxidation sites excluding steroid dienone is 1. The first kappa shape index (κ1) is 10.7. The van der Waals surface area contributed by atoms with Crippen LogP contribution in [0.5, 0.6) is 0 Å². The average Bonchev–Trinajstić information content (AvgIpc) is 2.00. The van der Waals surface area contributed by atoms with Crippen molar-refractivity contribution in [3.63, 3.8) is 0 Å². The highest BCUT2D eigenvalue weighted by molar-refractivity contribution is 4.72. The van der Waals surface area contributed by atoms with Crippen LogP contribution in [-0.2, 0) is 0 Å². The molecule has 66 valence electrons. The summed E-state index contributed by atoms with van der Waals surface area (Å²) in [4.78, 5) is 0. The number of nitrogens with two attached hydrogens (primary N) is 1. The van der Waals surface area contributed by atoms with Gasteiger partial charge in [-0.3, -0.25) is 0 Å². The summed E-state index contributed by atoms with van der Waals surface area (Å²) in [6.45, 7) is 8.15. The fourth-order valence-electron chi connectivity index (χ4n) is 1.13. The number of hydrogen-bond acceptors (Lipinski definition) is 1. The molecule has 0 aliphatic heterocycles. The summed E-state index contributed by atoms with van der Waals surface area (Å²) in [5.74, 6) is 0.773. The van der Waals surface area contributed by atoms with Crippen molar-refractivity contribution in [2.75, 3.05) is 0 Å². The molecular weight excluding hydrogens is 134 g/mol. The van der Waals surface area contributed by atoms with E-state index in [-0.39, 0.29) is 0 Å². The van der Waals surface area contributed by atoms with Crippen molar-refractivity contribution >= 4 is 0 Å². The van der Waals surface area contributed by atoms with Gasteiger partial charge in [0, 0.05) is 6.04 Å².